The molecule has 0 aromatic carbocycles. The number of hydrogen-bond acceptors (Lipinski definition) is 4. The summed E-state index contributed by atoms with van der Waals surface area (Å²) < 4.78 is 42.8. The van der Waals surface area contributed by atoms with Crippen LogP contribution in [0.4, 0.5) is 13.2 Å². The van der Waals surface area contributed by atoms with Gasteiger partial charge in [-0.3, -0.25) is 4.90 Å². The summed E-state index contributed by atoms with van der Waals surface area (Å²) in [4.78, 5) is 5.44. The van der Waals surface area contributed by atoms with Crippen molar-refractivity contribution in [3.05, 3.63) is 23.4 Å². The number of ether oxygens (including phenoxy) is 1. The van der Waals surface area contributed by atoms with Crippen LogP contribution < -0.4 is 10.1 Å². The molecule has 0 unspecified atom stereocenters. The molecule has 1 aromatic heterocycles. The van der Waals surface area contributed by atoms with Crippen LogP contribution in [0.1, 0.15) is 11.3 Å². The van der Waals surface area contributed by atoms with Crippen molar-refractivity contribution >= 4 is 0 Å². The molecule has 1 aliphatic heterocycles. The second-order valence-corrected chi connectivity index (χ2v) is 4.11. The molecule has 1 N–H and O–H groups in total. The van der Waals surface area contributed by atoms with Gasteiger partial charge in [-0.25, -0.2) is 4.98 Å². The number of nitrogens with one attached hydrogen (secondary N) is 1. The summed E-state index contributed by atoms with van der Waals surface area (Å²) in [6.45, 7) is 2.82. The molecule has 4 nitrogen and oxygen atoms in total. The van der Waals surface area contributed by atoms with Gasteiger partial charge in [-0.2, -0.15) is 13.2 Å². The lowest BCUT2D eigenvalue weighted by Crippen LogP contribution is -2.22. The minimum Gasteiger partial charge on any atom is -0.481 e. The molecule has 0 atom stereocenters. The largest absolute Gasteiger partial charge is 0.481 e. The van der Waals surface area contributed by atoms with Gasteiger partial charge >= 0.3 is 6.18 Å². The molecular weight excluding hydrogens is 247 g/mol. The van der Waals surface area contributed by atoms with Gasteiger partial charge in [-0.1, -0.05) is 0 Å². The number of rotatable bonds is 3. The van der Waals surface area contributed by atoms with Crippen molar-refractivity contribution in [3.63, 3.8) is 0 Å². The van der Waals surface area contributed by atoms with Crippen LogP contribution in [0.25, 0.3) is 0 Å². The minimum atomic E-state index is -4.45. The number of hydrogen-bond donors (Lipinski definition) is 1. The summed E-state index contributed by atoms with van der Waals surface area (Å²) in [5.74, 6) is -0.00742. The quantitative estimate of drug-likeness (QED) is 0.894. The molecule has 0 radical (unpaired) electrons. The number of pyridine rings is 1. The van der Waals surface area contributed by atoms with E-state index < -0.39 is 11.9 Å². The zero-order chi connectivity index (χ0) is 13.2. The van der Waals surface area contributed by atoms with Gasteiger partial charge in [0, 0.05) is 32.4 Å². The SMILES string of the molecule is COc1cc(CN2CCNC2)cc(C(F)(F)F)n1. The highest BCUT2D eigenvalue weighted by Gasteiger charge is 2.33. The van der Waals surface area contributed by atoms with E-state index >= 15 is 0 Å². The molecule has 0 bridgehead atoms. The Labute approximate surface area is 103 Å². The van der Waals surface area contributed by atoms with Crippen LogP contribution in [-0.2, 0) is 12.7 Å². The summed E-state index contributed by atoms with van der Waals surface area (Å²) in [6, 6.07) is 2.61. The molecule has 2 rings (SSSR count). The second-order valence-electron chi connectivity index (χ2n) is 4.11. The van der Waals surface area contributed by atoms with Crippen LogP contribution in [0.15, 0.2) is 12.1 Å². The maximum atomic E-state index is 12.7. The molecular formula is C11H14F3N3O. The van der Waals surface area contributed by atoms with E-state index in [1.54, 1.807) is 0 Å². The monoisotopic (exact) mass is 261 g/mol. The average molecular weight is 261 g/mol. The standard InChI is InChI=1S/C11H14F3N3O/c1-18-10-5-8(6-17-3-2-15-7-17)4-9(16-10)11(12,13)14/h4-5,15H,2-3,6-7H2,1H3. The molecule has 1 saturated heterocycles. The van der Waals surface area contributed by atoms with Crippen molar-refractivity contribution in [1.29, 1.82) is 0 Å². The lowest BCUT2D eigenvalue weighted by Gasteiger charge is -2.15. The van der Waals surface area contributed by atoms with Gasteiger partial charge in [0.1, 0.15) is 5.69 Å². The van der Waals surface area contributed by atoms with E-state index in [9.17, 15) is 13.2 Å². The summed E-state index contributed by atoms with van der Waals surface area (Å²) >= 11 is 0. The van der Waals surface area contributed by atoms with Crippen molar-refractivity contribution in [2.45, 2.75) is 12.7 Å². The van der Waals surface area contributed by atoms with Gasteiger partial charge in [0.25, 0.3) is 0 Å². The van der Waals surface area contributed by atoms with Crippen molar-refractivity contribution < 1.29 is 17.9 Å². The van der Waals surface area contributed by atoms with Gasteiger partial charge < -0.3 is 10.1 Å². The Morgan fingerprint density at radius 1 is 1.44 bits per heavy atom. The Balaban J connectivity index is 2.23. The zero-order valence-electron chi connectivity index (χ0n) is 9.92. The van der Waals surface area contributed by atoms with Gasteiger partial charge in [-0.15, -0.1) is 0 Å². The zero-order valence-corrected chi connectivity index (χ0v) is 9.92. The first-order valence-corrected chi connectivity index (χ1v) is 5.54. The number of aromatic nitrogens is 1. The lowest BCUT2D eigenvalue weighted by atomic mass is 10.2. The predicted molar refractivity (Wildman–Crippen MR) is 59.1 cm³/mol. The van der Waals surface area contributed by atoms with Crippen LogP contribution in [0.2, 0.25) is 0 Å². The highest BCUT2D eigenvalue weighted by molar-refractivity contribution is 5.26. The third-order valence-corrected chi connectivity index (χ3v) is 2.71. The molecule has 1 fully saturated rings. The van der Waals surface area contributed by atoms with E-state index in [0.717, 1.165) is 19.2 Å². The maximum absolute atomic E-state index is 12.7. The van der Waals surface area contributed by atoms with E-state index in [2.05, 4.69) is 10.3 Å². The first-order chi connectivity index (χ1) is 8.49. The number of halogens is 3. The van der Waals surface area contributed by atoms with Crippen LogP contribution >= 0.6 is 0 Å². The Bertz CT molecular complexity index is 416. The topological polar surface area (TPSA) is 37.4 Å². The fourth-order valence-electron chi connectivity index (χ4n) is 1.85. The normalized spacial score (nSPS) is 17.1. The third-order valence-electron chi connectivity index (χ3n) is 2.71. The first-order valence-electron chi connectivity index (χ1n) is 5.54. The van der Waals surface area contributed by atoms with Crippen LogP contribution in [-0.4, -0.2) is 36.8 Å². The van der Waals surface area contributed by atoms with Crippen molar-refractivity contribution in [1.82, 2.24) is 15.2 Å². The number of alkyl halides is 3. The van der Waals surface area contributed by atoms with E-state index in [0.29, 0.717) is 18.8 Å². The van der Waals surface area contributed by atoms with E-state index in [-0.39, 0.29) is 5.88 Å². The summed E-state index contributed by atoms with van der Waals surface area (Å²) in [5, 5.41) is 3.12. The molecule has 2 heterocycles. The molecule has 0 spiro atoms. The predicted octanol–water partition coefficient (Wildman–Crippen LogP) is 1.47. The number of methoxy groups -OCH3 is 1. The molecule has 7 heteroatoms. The Kier molecular flexibility index (Phi) is 3.72. The van der Waals surface area contributed by atoms with Crippen molar-refractivity contribution in [2.75, 3.05) is 26.9 Å². The van der Waals surface area contributed by atoms with Crippen LogP contribution in [0.5, 0.6) is 5.88 Å². The Morgan fingerprint density at radius 2 is 2.22 bits per heavy atom. The Morgan fingerprint density at radius 3 is 2.78 bits per heavy atom. The van der Waals surface area contributed by atoms with Crippen molar-refractivity contribution in [3.8, 4) is 5.88 Å². The van der Waals surface area contributed by atoms with E-state index in [4.69, 9.17) is 4.74 Å². The molecule has 100 valence electrons. The van der Waals surface area contributed by atoms with Gasteiger partial charge in [0.2, 0.25) is 5.88 Å². The first kappa shape index (κ1) is 13.1. The highest BCUT2D eigenvalue weighted by atomic mass is 19.4. The van der Waals surface area contributed by atoms with E-state index in [1.165, 1.54) is 13.2 Å². The fraction of sp³-hybridized carbons (Fsp3) is 0.545. The number of nitrogens with zero attached hydrogens (tertiary/aromatic N) is 2. The average Bonchev–Trinajstić information content (AvgIpc) is 2.80. The van der Waals surface area contributed by atoms with Crippen molar-refractivity contribution in [2.24, 2.45) is 0 Å². The van der Waals surface area contributed by atoms with Crippen LogP contribution in [0.3, 0.4) is 0 Å². The van der Waals surface area contributed by atoms with Crippen LogP contribution in [0, 0.1) is 0 Å². The molecule has 0 amide bonds. The smallest absolute Gasteiger partial charge is 0.433 e. The fourth-order valence-corrected chi connectivity index (χ4v) is 1.85. The molecule has 1 aromatic rings. The van der Waals surface area contributed by atoms with Gasteiger partial charge in [0.15, 0.2) is 0 Å². The Hall–Kier alpha value is -1.34. The molecule has 1 aliphatic rings. The van der Waals surface area contributed by atoms with Gasteiger partial charge in [-0.05, 0) is 11.6 Å². The third kappa shape index (κ3) is 3.11. The lowest BCUT2D eigenvalue weighted by molar-refractivity contribution is -0.141. The van der Waals surface area contributed by atoms with Gasteiger partial charge in [0.05, 0.1) is 7.11 Å². The minimum absolute atomic E-state index is 0.00742. The summed E-state index contributed by atoms with van der Waals surface area (Å²) in [5.41, 5.74) is -0.359. The summed E-state index contributed by atoms with van der Waals surface area (Å²) in [6.07, 6.45) is -4.45. The molecule has 18 heavy (non-hydrogen) atoms. The van der Waals surface area contributed by atoms with E-state index in [1.807, 2.05) is 4.90 Å². The maximum Gasteiger partial charge on any atom is 0.433 e. The highest BCUT2D eigenvalue weighted by Crippen LogP contribution is 2.30. The molecule has 0 saturated carbocycles. The summed E-state index contributed by atoms with van der Waals surface area (Å²) in [7, 11) is 1.31. The molecule has 0 aliphatic carbocycles. The second kappa shape index (κ2) is 5.11.